The van der Waals surface area contributed by atoms with Crippen molar-refractivity contribution in [2.75, 3.05) is 26.0 Å². The van der Waals surface area contributed by atoms with Crippen LogP contribution in [0.25, 0.3) is 0 Å². The van der Waals surface area contributed by atoms with Crippen LogP contribution in [-0.4, -0.2) is 53.4 Å². The number of amides is 2. The Hall–Kier alpha value is -3.04. The van der Waals surface area contributed by atoms with Crippen LogP contribution in [0.15, 0.2) is 30.5 Å². The van der Waals surface area contributed by atoms with E-state index in [2.05, 4.69) is 15.2 Å². The van der Waals surface area contributed by atoms with Crippen LogP contribution in [0.1, 0.15) is 27.8 Å². The summed E-state index contributed by atoms with van der Waals surface area (Å²) in [7, 11) is 3.14. The smallest absolute Gasteiger partial charge is 0.422 e. The predicted octanol–water partition coefficient (Wildman–Crippen LogP) is 2.80. The normalized spacial score (nSPS) is 11.2. The number of nitrogens with zero attached hydrogens (tertiary/aromatic N) is 3. The number of rotatable bonds is 6. The van der Waals surface area contributed by atoms with E-state index in [0.29, 0.717) is 6.54 Å². The molecule has 10 heteroatoms. The number of aromatic nitrogens is 2. The maximum Gasteiger partial charge on any atom is 0.422 e. The van der Waals surface area contributed by atoms with Gasteiger partial charge in [0.1, 0.15) is 11.4 Å². The lowest BCUT2D eigenvalue weighted by atomic mass is 10.2. The van der Waals surface area contributed by atoms with Gasteiger partial charge in [0, 0.05) is 26.2 Å². The first-order valence-electron chi connectivity index (χ1n) is 8.00. The van der Waals surface area contributed by atoms with Crippen LogP contribution in [0.4, 0.5) is 18.9 Å². The van der Waals surface area contributed by atoms with E-state index >= 15 is 0 Å². The summed E-state index contributed by atoms with van der Waals surface area (Å²) in [5, 5.41) is 6.63. The molecule has 7 nitrogen and oxygen atoms in total. The minimum atomic E-state index is -4.48. The molecular formula is C17H19F3N4O3. The number of alkyl halides is 3. The van der Waals surface area contributed by atoms with Gasteiger partial charge in [-0.3, -0.25) is 14.3 Å². The largest absolute Gasteiger partial charge is 0.484 e. The molecule has 0 unspecified atom stereocenters. The Bertz CT molecular complexity index is 831. The van der Waals surface area contributed by atoms with Gasteiger partial charge in [-0.2, -0.15) is 18.3 Å². The van der Waals surface area contributed by atoms with Crippen molar-refractivity contribution in [1.82, 2.24) is 14.7 Å². The molecule has 27 heavy (non-hydrogen) atoms. The van der Waals surface area contributed by atoms with Gasteiger partial charge in [-0.15, -0.1) is 0 Å². The van der Waals surface area contributed by atoms with E-state index < -0.39 is 18.7 Å². The second-order valence-corrected chi connectivity index (χ2v) is 5.81. The van der Waals surface area contributed by atoms with Crippen molar-refractivity contribution in [1.29, 1.82) is 0 Å². The zero-order valence-corrected chi connectivity index (χ0v) is 15.0. The van der Waals surface area contributed by atoms with E-state index in [1.807, 2.05) is 0 Å². The van der Waals surface area contributed by atoms with Crippen LogP contribution in [-0.2, 0) is 6.54 Å². The molecule has 1 aromatic heterocycles. The summed E-state index contributed by atoms with van der Waals surface area (Å²) in [5.41, 5.74) is 0.504. The lowest BCUT2D eigenvalue weighted by Crippen LogP contribution is -2.26. The number of benzene rings is 1. The molecule has 146 valence electrons. The Morgan fingerprint density at radius 2 is 2.00 bits per heavy atom. The van der Waals surface area contributed by atoms with Gasteiger partial charge < -0.3 is 15.0 Å². The molecule has 0 aliphatic heterocycles. The van der Waals surface area contributed by atoms with Crippen molar-refractivity contribution < 1.29 is 27.5 Å². The number of carbonyl (C=O) groups excluding carboxylic acids is 2. The third kappa shape index (κ3) is 5.22. The molecule has 0 bridgehead atoms. The molecule has 0 aliphatic rings. The molecule has 2 rings (SSSR count). The highest BCUT2D eigenvalue weighted by molar-refractivity contribution is 6.08. The van der Waals surface area contributed by atoms with E-state index in [1.54, 1.807) is 21.0 Å². The first-order valence-corrected chi connectivity index (χ1v) is 8.00. The van der Waals surface area contributed by atoms with Gasteiger partial charge in [-0.05, 0) is 25.1 Å². The first kappa shape index (κ1) is 20.3. The summed E-state index contributed by atoms with van der Waals surface area (Å²) in [6.45, 7) is 0.765. The summed E-state index contributed by atoms with van der Waals surface area (Å²) >= 11 is 0. The summed E-state index contributed by atoms with van der Waals surface area (Å²) in [4.78, 5) is 26.2. The highest BCUT2D eigenvalue weighted by Crippen LogP contribution is 2.21. The summed E-state index contributed by atoms with van der Waals surface area (Å²) in [6, 6.07) is 5.34. The van der Waals surface area contributed by atoms with Crippen molar-refractivity contribution >= 4 is 17.5 Å². The SMILES string of the molecule is CCn1ncc(NC(=O)c2cccc(OCC(F)(F)F)c2)c1C(=O)N(C)C. The van der Waals surface area contributed by atoms with Crippen LogP contribution in [0, 0.1) is 0 Å². The molecule has 0 aliphatic carbocycles. The number of anilines is 1. The fraction of sp³-hybridized carbons (Fsp3) is 0.353. The minimum Gasteiger partial charge on any atom is -0.484 e. The first-order chi connectivity index (χ1) is 12.6. The molecule has 2 amide bonds. The zero-order valence-electron chi connectivity index (χ0n) is 15.0. The maximum atomic E-state index is 12.5. The van der Waals surface area contributed by atoms with Gasteiger partial charge in [0.05, 0.1) is 11.9 Å². The predicted molar refractivity (Wildman–Crippen MR) is 91.9 cm³/mol. The van der Waals surface area contributed by atoms with Gasteiger partial charge in [-0.25, -0.2) is 0 Å². The summed E-state index contributed by atoms with van der Waals surface area (Å²) in [6.07, 6.45) is -3.13. The third-order valence-electron chi connectivity index (χ3n) is 3.49. The second-order valence-electron chi connectivity index (χ2n) is 5.81. The van der Waals surface area contributed by atoms with Crippen LogP contribution in [0.2, 0.25) is 0 Å². The van der Waals surface area contributed by atoms with Crippen molar-refractivity contribution in [3.63, 3.8) is 0 Å². The van der Waals surface area contributed by atoms with Crippen LogP contribution in [0.3, 0.4) is 0 Å². The van der Waals surface area contributed by atoms with Crippen molar-refractivity contribution in [3.05, 3.63) is 41.7 Å². The monoisotopic (exact) mass is 384 g/mol. The number of hydrogen-bond donors (Lipinski definition) is 1. The second kappa shape index (κ2) is 8.11. The molecule has 0 radical (unpaired) electrons. The molecule has 0 saturated heterocycles. The fourth-order valence-corrected chi connectivity index (χ4v) is 2.24. The Morgan fingerprint density at radius 1 is 1.30 bits per heavy atom. The average molecular weight is 384 g/mol. The molecule has 0 atom stereocenters. The highest BCUT2D eigenvalue weighted by atomic mass is 19.4. The molecule has 1 N–H and O–H groups in total. The van der Waals surface area contributed by atoms with E-state index in [-0.39, 0.29) is 28.6 Å². The molecular weight excluding hydrogens is 365 g/mol. The van der Waals surface area contributed by atoms with Crippen molar-refractivity contribution in [2.24, 2.45) is 0 Å². The number of aryl methyl sites for hydroxylation is 1. The number of ether oxygens (including phenoxy) is 1. The lowest BCUT2D eigenvalue weighted by Gasteiger charge is -2.14. The van der Waals surface area contributed by atoms with Gasteiger partial charge in [-0.1, -0.05) is 6.07 Å². The Balaban J connectivity index is 2.21. The number of hydrogen-bond acceptors (Lipinski definition) is 4. The van der Waals surface area contributed by atoms with E-state index in [9.17, 15) is 22.8 Å². The average Bonchev–Trinajstić information content (AvgIpc) is 3.01. The van der Waals surface area contributed by atoms with E-state index in [1.165, 1.54) is 40.0 Å². The van der Waals surface area contributed by atoms with Crippen molar-refractivity contribution in [2.45, 2.75) is 19.6 Å². The van der Waals surface area contributed by atoms with Crippen LogP contribution < -0.4 is 10.1 Å². The molecule has 0 fully saturated rings. The molecule has 0 spiro atoms. The number of nitrogens with one attached hydrogen (secondary N) is 1. The van der Waals surface area contributed by atoms with Crippen molar-refractivity contribution in [3.8, 4) is 5.75 Å². The number of carbonyl (C=O) groups is 2. The van der Waals surface area contributed by atoms with Gasteiger partial charge >= 0.3 is 6.18 Å². The quantitative estimate of drug-likeness (QED) is 0.831. The topological polar surface area (TPSA) is 76.5 Å². The molecule has 2 aromatic rings. The molecule has 0 saturated carbocycles. The molecule has 1 aromatic carbocycles. The Kier molecular flexibility index (Phi) is 6.09. The van der Waals surface area contributed by atoms with Gasteiger partial charge in [0.25, 0.3) is 11.8 Å². The molecule has 1 heterocycles. The minimum absolute atomic E-state index is 0.0853. The van der Waals surface area contributed by atoms with E-state index in [4.69, 9.17) is 0 Å². The van der Waals surface area contributed by atoms with Crippen LogP contribution >= 0.6 is 0 Å². The summed E-state index contributed by atoms with van der Waals surface area (Å²) < 4.78 is 42.9. The summed E-state index contributed by atoms with van der Waals surface area (Å²) in [5.74, 6) is -1.03. The maximum absolute atomic E-state index is 12.5. The standard InChI is InChI=1S/C17H19F3N4O3/c1-4-24-14(16(26)23(2)3)13(9-21-24)22-15(25)11-6-5-7-12(8-11)27-10-17(18,19)20/h5-9H,4,10H2,1-3H3,(H,22,25). The number of halogens is 3. The third-order valence-corrected chi connectivity index (χ3v) is 3.49. The highest BCUT2D eigenvalue weighted by Gasteiger charge is 2.28. The lowest BCUT2D eigenvalue weighted by molar-refractivity contribution is -0.153. The zero-order chi connectivity index (χ0) is 20.2. The van der Waals surface area contributed by atoms with Crippen LogP contribution in [0.5, 0.6) is 5.75 Å². The fourth-order valence-electron chi connectivity index (χ4n) is 2.24. The van der Waals surface area contributed by atoms with Gasteiger partial charge in [0.15, 0.2) is 6.61 Å². The Labute approximate surface area is 153 Å². The van der Waals surface area contributed by atoms with E-state index in [0.717, 1.165) is 0 Å². The van der Waals surface area contributed by atoms with Gasteiger partial charge in [0.2, 0.25) is 0 Å². The Morgan fingerprint density at radius 3 is 2.59 bits per heavy atom.